The van der Waals surface area contributed by atoms with Crippen molar-refractivity contribution < 1.29 is 34.4 Å². The minimum atomic E-state index is -0.533. The van der Waals surface area contributed by atoms with Crippen molar-refractivity contribution in [1.82, 2.24) is 4.90 Å². The number of furan rings is 1. The molecule has 1 amide bonds. The number of carbonyl (C=O) groups is 2. The summed E-state index contributed by atoms with van der Waals surface area (Å²) in [7, 11) is 0. The highest BCUT2D eigenvalue weighted by Gasteiger charge is 2.26. The molecule has 2 rings (SSSR count). The predicted octanol–water partition coefficient (Wildman–Crippen LogP) is 0.840. The summed E-state index contributed by atoms with van der Waals surface area (Å²) in [5.41, 5.74) is 0.717. The number of amides is 1. The minimum Gasteiger partial charge on any atom is -0.508 e. The number of nitrogens with zero attached hydrogens (tertiary/aromatic N) is 1. The molecule has 4 N–H and O–H groups in total. The van der Waals surface area contributed by atoms with Crippen LogP contribution in [0.15, 0.2) is 29.1 Å². The van der Waals surface area contributed by atoms with Gasteiger partial charge >= 0.3 is 0 Å². The van der Waals surface area contributed by atoms with Crippen LogP contribution in [-0.4, -0.2) is 63.3 Å². The van der Waals surface area contributed by atoms with Gasteiger partial charge in [-0.25, -0.2) is 0 Å². The number of aromatic hydroxyl groups is 2. The SMILES string of the molecule is CCc1c(O)cc(O)c(C(=O)c2ccoc2)c1CC(=O)N(CCO)CCO. The summed E-state index contributed by atoms with van der Waals surface area (Å²) >= 11 is 0. The Balaban J connectivity index is 2.52. The quantitative estimate of drug-likeness (QED) is 0.476. The average Bonchev–Trinajstić information content (AvgIpc) is 3.16. The largest absolute Gasteiger partial charge is 0.508 e. The molecular formula is C19H23NO7. The van der Waals surface area contributed by atoms with Crippen LogP contribution in [0.5, 0.6) is 11.5 Å². The Kier molecular flexibility index (Phi) is 6.98. The summed E-state index contributed by atoms with van der Waals surface area (Å²) in [6.07, 6.45) is 2.61. The Morgan fingerprint density at radius 1 is 1.07 bits per heavy atom. The zero-order chi connectivity index (χ0) is 20.0. The molecule has 8 heteroatoms. The highest BCUT2D eigenvalue weighted by atomic mass is 16.3. The van der Waals surface area contributed by atoms with Gasteiger partial charge in [0.1, 0.15) is 17.8 Å². The molecule has 8 nitrogen and oxygen atoms in total. The fourth-order valence-electron chi connectivity index (χ4n) is 3.00. The molecular weight excluding hydrogens is 354 g/mol. The maximum absolute atomic E-state index is 12.8. The molecule has 1 aromatic carbocycles. The number of ketones is 1. The number of carbonyl (C=O) groups excluding carboxylic acids is 2. The maximum atomic E-state index is 12.8. The maximum Gasteiger partial charge on any atom is 0.227 e. The van der Waals surface area contributed by atoms with Crippen LogP contribution in [0.1, 0.15) is 34.0 Å². The fourth-order valence-corrected chi connectivity index (χ4v) is 3.00. The molecule has 146 valence electrons. The summed E-state index contributed by atoms with van der Waals surface area (Å²) in [6, 6.07) is 2.52. The van der Waals surface area contributed by atoms with Crippen molar-refractivity contribution >= 4 is 11.7 Å². The number of rotatable bonds is 9. The van der Waals surface area contributed by atoms with E-state index in [-0.39, 0.29) is 55.2 Å². The zero-order valence-electron chi connectivity index (χ0n) is 15.0. The molecule has 0 unspecified atom stereocenters. The van der Waals surface area contributed by atoms with Crippen LogP contribution in [0.25, 0.3) is 0 Å². The van der Waals surface area contributed by atoms with E-state index in [1.807, 2.05) is 0 Å². The lowest BCUT2D eigenvalue weighted by Crippen LogP contribution is -2.37. The lowest BCUT2D eigenvalue weighted by Gasteiger charge is -2.23. The minimum absolute atomic E-state index is 0.0245. The lowest BCUT2D eigenvalue weighted by atomic mass is 9.90. The van der Waals surface area contributed by atoms with Gasteiger partial charge in [-0.2, -0.15) is 0 Å². The molecule has 0 spiro atoms. The number of aliphatic hydroxyl groups is 2. The van der Waals surface area contributed by atoms with Crippen molar-refractivity contribution in [2.75, 3.05) is 26.3 Å². The van der Waals surface area contributed by atoms with Gasteiger partial charge in [0, 0.05) is 19.2 Å². The van der Waals surface area contributed by atoms with Gasteiger partial charge in [0.05, 0.1) is 37.0 Å². The van der Waals surface area contributed by atoms with E-state index in [1.165, 1.54) is 23.5 Å². The molecule has 0 fully saturated rings. The van der Waals surface area contributed by atoms with Gasteiger partial charge in [0.15, 0.2) is 5.78 Å². The molecule has 0 aliphatic carbocycles. The molecule has 0 saturated carbocycles. The van der Waals surface area contributed by atoms with E-state index < -0.39 is 17.4 Å². The number of phenols is 2. The van der Waals surface area contributed by atoms with Crippen LogP contribution in [0.4, 0.5) is 0 Å². The van der Waals surface area contributed by atoms with Crippen molar-refractivity contribution in [2.24, 2.45) is 0 Å². The van der Waals surface area contributed by atoms with E-state index in [0.717, 1.165) is 6.07 Å². The van der Waals surface area contributed by atoms with Gasteiger partial charge in [0.2, 0.25) is 5.91 Å². The van der Waals surface area contributed by atoms with E-state index >= 15 is 0 Å². The summed E-state index contributed by atoms with van der Waals surface area (Å²) in [5.74, 6) is -1.62. The highest BCUT2D eigenvalue weighted by molar-refractivity contribution is 6.12. The van der Waals surface area contributed by atoms with Gasteiger partial charge < -0.3 is 29.7 Å². The summed E-state index contributed by atoms with van der Waals surface area (Å²) < 4.78 is 4.92. The molecule has 1 heterocycles. The molecule has 0 aliphatic heterocycles. The van der Waals surface area contributed by atoms with Crippen molar-refractivity contribution in [3.05, 3.63) is 46.9 Å². The third-order valence-corrected chi connectivity index (χ3v) is 4.29. The van der Waals surface area contributed by atoms with E-state index in [4.69, 9.17) is 14.6 Å². The number of phenolic OH excluding ortho intramolecular Hbond substituents is 2. The fraction of sp³-hybridized carbons (Fsp3) is 0.368. The Hall–Kier alpha value is -2.84. The number of benzene rings is 1. The average molecular weight is 377 g/mol. The molecule has 2 aromatic rings. The predicted molar refractivity (Wildman–Crippen MR) is 95.7 cm³/mol. The molecule has 0 aliphatic rings. The highest BCUT2D eigenvalue weighted by Crippen LogP contribution is 2.35. The number of hydrogen-bond donors (Lipinski definition) is 4. The number of aliphatic hydroxyl groups excluding tert-OH is 2. The normalized spacial score (nSPS) is 10.8. The van der Waals surface area contributed by atoms with E-state index in [9.17, 15) is 19.8 Å². The Labute approximate surface area is 156 Å². The number of hydrogen-bond acceptors (Lipinski definition) is 7. The molecule has 0 bridgehead atoms. The van der Waals surface area contributed by atoms with E-state index in [1.54, 1.807) is 6.92 Å². The Morgan fingerprint density at radius 3 is 2.26 bits per heavy atom. The van der Waals surface area contributed by atoms with Crippen LogP contribution in [-0.2, 0) is 17.6 Å². The lowest BCUT2D eigenvalue weighted by molar-refractivity contribution is -0.131. The second-order valence-corrected chi connectivity index (χ2v) is 5.95. The first-order valence-electron chi connectivity index (χ1n) is 8.57. The summed E-state index contributed by atoms with van der Waals surface area (Å²) in [6.45, 7) is 1.25. The van der Waals surface area contributed by atoms with Crippen LogP contribution < -0.4 is 0 Å². The van der Waals surface area contributed by atoms with Crippen molar-refractivity contribution in [3.8, 4) is 11.5 Å². The topological polar surface area (TPSA) is 131 Å². The van der Waals surface area contributed by atoms with Crippen molar-refractivity contribution in [2.45, 2.75) is 19.8 Å². The first kappa shape index (κ1) is 20.5. The smallest absolute Gasteiger partial charge is 0.227 e. The molecule has 0 atom stereocenters. The van der Waals surface area contributed by atoms with Crippen molar-refractivity contribution in [3.63, 3.8) is 0 Å². The summed E-state index contributed by atoms with van der Waals surface area (Å²) in [5, 5.41) is 38.7. The first-order valence-corrected chi connectivity index (χ1v) is 8.57. The van der Waals surface area contributed by atoms with Crippen molar-refractivity contribution in [1.29, 1.82) is 0 Å². The molecule has 0 saturated heterocycles. The molecule has 27 heavy (non-hydrogen) atoms. The first-order chi connectivity index (χ1) is 12.9. The standard InChI is InChI=1S/C19H23NO7/c1-2-13-14(9-17(25)20(4-6-21)5-7-22)18(16(24)10-15(13)23)19(26)12-3-8-27-11-12/h3,8,10-11,21-24H,2,4-7,9H2,1H3. The Morgan fingerprint density at radius 2 is 1.74 bits per heavy atom. The third-order valence-electron chi connectivity index (χ3n) is 4.29. The van der Waals surface area contributed by atoms with E-state index in [0.29, 0.717) is 12.0 Å². The van der Waals surface area contributed by atoms with Gasteiger partial charge in [-0.3, -0.25) is 9.59 Å². The Bertz CT molecular complexity index is 793. The monoisotopic (exact) mass is 377 g/mol. The van der Waals surface area contributed by atoms with E-state index in [2.05, 4.69) is 0 Å². The van der Waals surface area contributed by atoms with Gasteiger partial charge in [-0.15, -0.1) is 0 Å². The second-order valence-electron chi connectivity index (χ2n) is 5.95. The molecule has 0 radical (unpaired) electrons. The van der Waals surface area contributed by atoms with Crippen LogP contribution in [0.2, 0.25) is 0 Å². The van der Waals surface area contributed by atoms with Gasteiger partial charge in [-0.05, 0) is 23.6 Å². The summed E-state index contributed by atoms with van der Waals surface area (Å²) in [4.78, 5) is 26.7. The van der Waals surface area contributed by atoms with Crippen LogP contribution in [0, 0.1) is 0 Å². The zero-order valence-corrected chi connectivity index (χ0v) is 15.0. The third kappa shape index (κ3) is 4.47. The molecule has 1 aromatic heterocycles. The van der Waals surface area contributed by atoms with Crippen LogP contribution >= 0.6 is 0 Å². The van der Waals surface area contributed by atoms with Crippen LogP contribution in [0.3, 0.4) is 0 Å². The van der Waals surface area contributed by atoms with Gasteiger partial charge in [0.25, 0.3) is 0 Å². The van der Waals surface area contributed by atoms with Gasteiger partial charge in [-0.1, -0.05) is 6.92 Å². The second kappa shape index (κ2) is 9.20.